The molecule has 0 radical (unpaired) electrons. The summed E-state index contributed by atoms with van der Waals surface area (Å²) in [5.74, 6) is 0.445. The quantitative estimate of drug-likeness (QED) is 0.168. The molecule has 41 heavy (non-hydrogen) atoms. The van der Waals surface area contributed by atoms with Crippen LogP contribution < -0.4 is 14.2 Å². The Bertz CT molecular complexity index is 1360. The summed E-state index contributed by atoms with van der Waals surface area (Å²) in [6, 6.07) is 29.3. The summed E-state index contributed by atoms with van der Waals surface area (Å²) < 4.78 is 24.9. The van der Waals surface area contributed by atoms with Crippen LogP contribution in [0.3, 0.4) is 0 Å². The first-order valence-electron chi connectivity index (χ1n) is 12.3. The van der Waals surface area contributed by atoms with Gasteiger partial charge in [-0.15, -0.1) is 0 Å². The highest BCUT2D eigenvalue weighted by Gasteiger charge is 2.12. The molecule has 0 saturated carbocycles. The molecular weight excluding hydrogens is 592 g/mol. The lowest BCUT2D eigenvalue weighted by Crippen LogP contribution is -2.03. The molecule has 1 N–H and O–H groups in total. The van der Waals surface area contributed by atoms with Gasteiger partial charge in [0.05, 0.1) is 39.6 Å². The molecule has 4 aromatic rings. The van der Waals surface area contributed by atoms with E-state index in [0.717, 1.165) is 10.9 Å². The average Bonchev–Trinajstić information content (AvgIpc) is 3.04. The van der Waals surface area contributed by atoms with Crippen molar-refractivity contribution in [1.29, 1.82) is 0 Å². The standard InChI is InChI=1S/C16H16O4.C9H10O4.C7H7Br/c1-18-14-9-8-13(16(17)19-2)10-15(14)20-11-12-6-4-3-5-7-12;1-12-8-4-3-6(5-7(8)10)9(11)13-2;8-6-7-4-2-1-3-5-7/h3-10H,11H2,1-2H3;3-5,10H,1-2H3;1-5H,6H2. The van der Waals surface area contributed by atoms with Crippen LogP contribution in [0, 0.1) is 0 Å². The number of esters is 2. The molecule has 216 valence electrons. The average molecular weight is 626 g/mol. The molecule has 0 fully saturated rings. The molecule has 0 aliphatic rings. The largest absolute Gasteiger partial charge is 0.504 e. The van der Waals surface area contributed by atoms with Crippen LogP contribution in [0.4, 0.5) is 0 Å². The third-order valence-electron chi connectivity index (χ3n) is 5.42. The number of phenolic OH excluding ortho intramolecular Hbond substituents is 1. The van der Waals surface area contributed by atoms with E-state index >= 15 is 0 Å². The number of alkyl halides is 1. The summed E-state index contributed by atoms with van der Waals surface area (Å²) in [6.07, 6.45) is 0. The van der Waals surface area contributed by atoms with Crippen LogP contribution in [-0.2, 0) is 21.4 Å². The third-order valence-corrected chi connectivity index (χ3v) is 6.07. The van der Waals surface area contributed by atoms with Crippen molar-refractivity contribution in [3.05, 3.63) is 119 Å². The van der Waals surface area contributed by atoms with Crippen molar-refractivity contribution in [2.24, 2.45) is 0 Å². The Morgan fingerprint density at radius 1 is 0.634 bits per heavy atom. The highest BCUT2D eigenvalue weighted by molar-refractivity contribution is 9.08. The zero-order valence-corrected chi connectivity index (χ0v) is 24.9. The fraction of sp³-hybridized carbons (Fsp3) is 0.188. The monoisotopic (exact) mass is 624 g/mol. The van der Waals surface area contributed by atoms with Crippen molar-refractivity contribution in [3.8, 4) is 23.0 Å². The van der Waals surface area contributed by atoms with Gasteiger partial charge in [0, 0.05) is 5.33 Å². The number of halogens is 1. The molecular formula is C32H33BrO8. The van der Waals surface area contributed by atoms with E-state index in [9.17, 15) is 14.7 Å². The van der Waals surface area contributed by atoms with Crippen LogP contribution in [0.1, 0.15) is 31.8 Å². The number of carbonyl (C=O) groups excluding carboxylic acids is 2. The SMILES string of the molecule is BrCc1ccccc1.COC(=O)c1ccc(OC)c(O)c1.COC(=O)c1ccc(OC)c(OCc2ccccc2)c1. The van der Waals surface area contributed by atoms with Gasteiger partial charge in [0.1, 0.15) is 6.61 Å². The van der Waals surface area contributed by atoms with Gasteiger partial charge in [-0.3, -0.25) is 0 Å². The molecule has 9 heteroatoms. The van der Waals surface area contributed by atoms with Crippen molar-refractivity contribution < 1.29 is 38.4 Å². The Kier molecular flexibility index (Phi) is 14.3. The number of hydrogen-bond donors (Lipinski definition) is 1. The first kappa shape index (κ1) is 32.7. The summed E-state index contributed by atoms with van der Waals surface area (Å²) in [4.78, 5) is 22.5. The van der Waals surface area contributed by atoms with Gasteiger partial charge < -0.3 is 28.8 Å². The fourth-order valence-electron chi connectivity index (χ4n) is 3.27. The maximum Gasteiger partial charge on any atom is 0.337 e. The van der Waals surface area contributed by atoms with Crippen LogP contribution in [0.5, 0.6) is 23.0 Å². The number of aromatic hydroxyl groups is 1. The number of benzene rings is 4. The van der Waals surface area contributed by atoms with E-state index in [2.05, 4.69) is 32.8 Å². The van der Waals surface area contributed by atoms with Crippen molar-refractivity contribution in [2.75, 3.05) is 28.4 Å². The number of carbonyl (C=O) groups is 2. The van der Waals surface area contributed by atoms with Gasteiger partial charge in [-0.25, -0.2) is 9.59 Å². The molecule has 0 unspecified atom stereocenters. The maximum atomic E-state index is 11.5. The van der Waals surface area contributed by atoms with Crippen LogP contribution in [-0.4, -0.2) is 45.5 Å². The molecule has 8 nitrogen and oxygen atoms in total. The molecule has 4 aromatic carbocycles. The molecule has 0 aliphatic heterocycles. The lowest BCUT2D eigenvalue weighted by Gasteiger charge is -2.11. The first-order chi connectivity index (χ1) is 19.9. The van der Waals surface area contributed by atoms with Crippen molar-refractivity contribution in [2.45, 2.75) is 11.9 Å². The Morgan fingerprint density at radius 2 is 1.12 bits per heavy atom. The minimum atomic E-state index is -0.488. The number of ether oxygens (including phenoxy) is 5. The smallest absolute Gasteiger partial charge is 0.337 e. The van der Waals surface area contributed by atoms with Gasteiger partial charge in [-0.2, -0.15) is 0 Å². The molecule has 0 amide bonds. The Balaban J connectivity index is 0.000000239. The zero-order valence-electron chi connectivity index (χ0n) is 23.3. The molecule has 0 saturated heterocycles. The second kappa shape index (κ2) is 18.0. The summed E-state index contributed by atoms with van der Waals surface area (Å²) in [7, 11) is 5.62. The fourth-order valence-corrected chi connectivity index (χ4v) is 3.65. The minimum Gasteiger partial charge on any atom is -0.504 e. The topological polar surface area (TPSA) is 101 Å². The third kappa shape index (κ3) is 10.9. The Hall–Kier alpha value is -4.50. The predicted octanol–water partition coefficient (Wildman–Crippen LogP) is 6.83. The molecule has 0 heterocycles. The highest BCUT2D eigenvalue weighted by Crippen LogP contribution is 2.29. The van der Waals surface area contributed by atoms with E-state index in [4.69, 9.17) is 18.9 Å². The minimum absolute atomic E-state index is 0.0783. The number of rotatable bonds is 8. The number of phenols is 1. The molecule has 0 atom stereocenters. The van der Waals surface area contributed by atoms with E-state index in [1.54, 1.807) is 25.3 Å². The molecule has 0 aromatic heterocycles. The van der Waals surface area contributed by atoms with Gasteiger partial charge in [0.2, 0.25) is 0 Å². The summed E-state index contributed by atoms with van der Waals surface area (Å²) in [5.41, 5.74) is 3.09. The Labute approximate surface area is 248 Å². The predicted molar refractivity (Wildman–Crippen MR) is 160 cm³/mol. The second-order valence-corrected chi connectivity index (χ2v) is 8.69. The number of methoxy groups -OCH3 is 4. The van der Waals surface area contributed by atoms with Gasteiger partial charge in [-0.1, -0.05) is 76.6 Å². The van der Waals surface area contributed by atoms with E-state index in [1.165, 1.54) is 45.1 Å². The maximum absolute atomic E-state index is 11.5. The van der Waals surface area contributed by atoms with Crippen LogP contribution in [0.25, 0.3) is 0 Å². The lowest BCUT2D eigenvalue weighted by molar-refractivity contribution is 0.0591. The molecule has 0 bridgehead atoms. The number of hydrogen-bond acceptors (Lipinski definition) is 8. The lowest BCUT2D eigenvalue weighted by atomic mass is 10.2. The van der Waals surface area contributed by atoms with E-state index in [1.807, 2.05) is 48.5 Å². The van der Waals surface area contributed by atoms with E-state index < -0.39 is 11.9 Å². The molecule has 4 rings (SSSR count). The van der Waals surface area contributed by atoms with Crippen LogP contribution in [0.15, 0.2) is 97.1 Å². The van der Waals surface area contributed by atoms with Gasteiger partial charge in [0.25, 0.3) is 0 Å². The zero-order chi connectivity index (χ0) is 30.0. The van der Waals surface area contributed by atoms with Gasteiger partial charge in [-0.05, 0) is 47.5 Å². The molecule has 0 aliphatic carbocycles. The van der Waals surface area contributed by atoms with Crippen molar-refractivity contribution in [1.82, 2.24) is 0 Å². The Morgan fingerprint density at radius 3 is 1.56 bits per heavy atom. The van der Waals surface area contributed by atoms with Gasteiger partial charge in [0.15, 0.2) is 23.0 Å². The van der Waals surface area contributed by atoms with E-state index in [-0.39, 0.29) is 5.75 Å². The normalized spacial score (nSPS) is 9.59. The summed E-state index contributed by atoms with van der Waals surface area (Å²) in [6.45, 7) is 0.405. The van der Waals surface area contributed by atoms with E-state index in [0.29, 0.717) is 35.0 Å². The first-order valence-corrected chi connectivity index (χ1v) is 13.5. The second-order valence-electron chi connectivity index (χ2n) is 8.13. The van der Waals surface area contributed by atoms with Crippen LogP contribution >= 0.6 is 15.9 Å². The summed E-state index contributed by atoms with van der Waals surface area (Å²) >= 11 is 3.36. The van der Waals surface area contributed by atoms with Gasteiger partial charge >= 0.3 is 11.9 Å². The van der Waals surface area contributed by atoms with Crippen LogP contribution in [0.2, 0.25) is 0 Å². The molecule has 0 spiro atoms. The highest BCUT2D eigenvalue weighted by atomic mass is 79.9. The van der Waals surface area contributed by atoms with Crippen molar-refractivity contribution in [3.63, 3.8) is 0 Å². The summed E-state index contributed by atoms with van der Waals surface area (Å²) in [5, 5.41) is 10.3. The van der Waals surface area contributed by atoms with Crippen molar-refractivity contribution >= 4 is 27.9 Å².